The van der Waals surface area contributed by atoms with Crippen molar-refractivity contribution in [2.45, 2.75) is 6.04 Å². The maximum absolute atomic E-state index is 6.39. The van der Waals surface area contributed by atoms with E-state index in [4.69, 9.17) is 15.2 Å². The minimum atomic E-state index is -0.247. The standard InChI is InChI=1S/C15H15BrINO2/c1-19-11-5-9(6-12(8-11)20-2)15(18)13-7-10(17)3-4-14(13)16/h3-8,15H,18H2,1-2H3. The lowest BCUT2D eigenvalue weighted by Gasteiger charge is -2.17. The molecule has 1 unspecified atom stereocenters. The van der Waals surface area contributed by atoms with Gasteiger partial charge in [0, 0.05) is 14.1 Å². The zero-order valence-electron chi connectivity index (χ0n) is 11.2. The van der Waals surface area contributed by atoms with Crippen LogP contribution in [0.2, 0.25) is 0 Å². The zero-order valence-corrected chi connectivity index (χ0v) is 14.9. The molecule has 5 heteroatoms. The Kier molecular flexibility index (Phi) is 5.29. The van der Waals surface area contributed by atoms with Gasteiger partial charge in [-0.3, -0.25) is 0 Å². The van der Waals surface area contributed by atoms with Gasteiger partial charge in [-0.15, -0.1) is 0 Å². The first kappa shape index (κ1) is 15.6. The number of ether oxygens (including phenoxy) is 2. The van der Waals surface area contributed by atoms with E-state index in [2.05, 4.69) is 44.6 Å². The normalized spacial score (nSPS) is 12.1. The molecule has 2 aromatic carbocycles. The lowest BCUT2D eigenvalue weighted by molar-refractivity contribution is 0.393. The van der Waals surface area contributed by atoms with Gasteiger partial charge in [-0.2, -0.15) is 0 Å². The van der Waals surface area contributed by atoms with Crippen molar-refractivity contribution in [3.63, 3.8) is 0 Å². The Labute approximate surface area is 140 Å². The molecule has 0 radical (unpaired) electrons. The number of hydrogen-bond acceptors (Lipinski definition) is 3. The van der Waals surface area contributed by atoms with Crippen LogP contribution in [-0.4, -0.2) is 14.2 Å². The van der Waals surface area contributed by atoms with E-state index in [-0.39, 0.29) is 6.04 Å². The summed E-state index contributed by atoms with van der Waals surface area (Å²) < 4.78 is 12.7. The Balaban J connectivity index is 2.46. The first-order chi connectivity index (χ1) is 9.55. The number of nitrogens with two attached hydrogens (primary N) is 1. The first-order valence-corrected chi connectivity index (χ1v) is 7.86. The van der Waals surface area contributed by atoms with Crippen LogP contribution in [0.4, 0.5) is 0 Å². The molecule has 0 fully saturated rings. The van der Waals surface area contributed by atoms with Crippen molar-refractivity contribution >= 4 is 38.5 Å². The second kappa shape index (κ2) is 6.78. The van der Waals surface area contributed by atoms with Crippen molar-refractivity contribution in [1.82, 2.24) is 0 Å². The van der Waals surface area contributed by atoms with E-state index in [1.54, 1.807) is 14.2 Å². The maximum atomic E-state index is 6.39. The van der Waals surface area contributed by atoms with Crippen LogP contribution in [0, 0.1) is 3.57 Å². The Hall–Kier alpha value is -0.790. The van der Waals surface area contributed by atoms with Gasteiger partial charge < -0.3 is 15.2 Å². The van der Waals surface area contributed by atoms with Gasteiger partial charge in [0.05, 0.1) is 20.3 Å². The van der Waals surface area contributed by atoms with E-state index < -0.39 is 0 Å². The minimum Gasteiger partial charge on any atom is -0.497 e. The zero-order chi connectivity index (χ0) is 14.7. The highest BCUT2D eigenvalue weighted by atomic mass is 127. The van der Waals surface area contributed by atoms with Crippen molar-refractivity contribution in [2.24, 2.45) is 5.73 Å². The van der Waals surface area contributed by atoms with Crippen LogP contribution >= 0.6 is 38.5 Å². The molecular formula is C15H15BrINO2. The first-order valence-electron chi connectivity index (χ1n) is 5.98. The Morgan fingerprint density at radius 1 is 1.05 bits per heavy atom. The number of benzene rings is 2. The lowest BCUT2D eigenvalue weighted by atomic mass is 9.99. The molecule has 106 valence electrons. The van der Waals surface area contributed by atoms with Gasteiger partial charge in [-0.1, -0.05) is 15.9 Å². The van der Waals surface area contributed by atoms with E-state index in [9.17, 15) is 0 Å². The molecular weight excluding hydrogens is 433 g/mol. The average molecular weight is 448 g/mol. The fraction of sp³-hybridized carbons (Fsp3) is 0.200. The van der Waals surface area contributed by atoms with Crippen molar-refractivity contribution in [1.29, 1.82) is 0 Å². The molecule has 0 aliphatic heterocycles. The summed E-state index contributed by atoms with van der Waals surface area (Å²) in [6.07, 6.45) is 0. The monoisotopic (exact) mass is 447 g/mol. The summed E-state index contributed by atoms with van der Waals surface area (Å²) >= 11 is 5.83. The topological polar surface area (TPSA) is 44.5 Å². The molecule has 3 nitrogen and oxygen atoms in total. The molecule has 0 saturated carbocycles. The molecule has 2 aromatic rings. The van der Waals surface area contributed by atoms with Gasteiger partial charge in [0.1, 0.15) is 11.5 Å². The quantitative estimate of drug-likeness (QED) is 0.717. The van der Waals surface area contributed by atoms with Crippen LogP contribution in [0.25, 0.3) is 0 Å². The summed E-state index contributed by atoms with van der Waals surface area (Å²) in [7, 11) is 3.26. The molecule has 0 aliphatic rings. The third-order valence-corrected chi connectivity index (χ3v) is 4.42. The van der Waals surface area contributed by atoms with Gasteiger partial charge in [0.2, 0.25) is 0 Å². The summed E-state index contributed by atoms with van der Waals surface area (Å²) in [5.74, 6) is 1.47. The Morgan fingerprint density at radius 2 is 1.65 bits per heavy atom. The van der Waals surface area contributed by atoms with Gasteiger partial charge in [-0.05, 0) is 64.0 Å². The lowest BCUT2D eigenvalue weighted by Crippen LogP contribution is -2.13. The molecule has 0 aliphatic carbocycles. The molecule has 2 rings (SSSR count). The van der Waals surface area contributed by atoms with Gasteiger partial charge in [-0.25, -0.2) is 0 Å². The predicted molar refractivity (Wildman–Crippen MR) is 92.4 cm³/mol. The largest absolute Gasteiger partial charge is 0.497 e. The maximum Gasteiger partial charge on any atom is 0.122 e. The number of rotatable bonds is 4. The van der Waals surface area contributed by atoms with E-state index in [0.717, 1.165) is 30.7 Å². The van der Waals surface area contributed by atoms with Crippen molar-refractivity contribution in [2.75, 3.05) is 14.2 Å². The average Bonchev–Trinajstić information content (AvgIpc) is 2.48. The highest BCUT2D eigenvalue weighted by Gasteiger charge is 2.15. The molecule has 2 N–H and O–H groups in total. The summed E-state index contributed by atoms with van der Waals surface area (Å²) in [6.45, 7) is 0. The highest BCUT2D eigenvalue weighted by Crippen LogP contribution is 2.32. The molecule has 20 heavy (non-hydrogen) atoms. The van der Waals surface area contributed by atoms with Crippen LogP contribution in [0.5, 0.6) is 11.5 Å². The van der Waals surface area contributed by atoms with Crippen LogP contribution in [-0.2, 0) is 0 Å². The fourth-order valence-corrected chi connectivity index (χ4v) is 2.95. The predicted octanol–water partition coefficient (Wildman–Crippen LogP) is 4.12. The van der Waals surface area contributed by atoms with Crippen LogP contribution < -0.4 is 15.2 Å². The van der Waals surface area contributed by atoms with E-state index >= 15 is 0 Å². The van der Waals surface area contributed by atoms with Crippen LogP contribution in [0.15, 0.2) is 40.9 Å². The second-order valence-electron chi connectivity index (χ2n) is 4.29. The van der Waals surface area contributed by atoms with E-state index in [1.165, 1.54) is 0 Å². The summed E-state index contributed by atoms with van der Waals surface area (Å²) in [6, 6.07) is 11.6. The molecule has 0 heterocycles. The Bertz CT molecular complexity index is 597. The third kappa shape index (κ3) is 3.45. The van der Waals surface area contributed by atoms with Crippen LogP contribution in [0.3, 0.4) is 0 Å². The fourth-order valence-electron chi connectivity index (χ4n) is 1.94. The van der Waals surface area contributed by atoms with Crippen LogP contribution in [0.1, 0.15) is 17.2 Å². The van der Waals surface area contributed by atoms with Crippen molar-refractivity contribution in [3.8, 4) is 11.5 Å². The highest BCUT2D eigenvalue weighted by molar-refractivity contribution is 14.1. The van der Waals surface area contributed by atoms with Gasteiger partial charge in [0.15, 0.2) is 0 Å². The molecule has 1 atom stereocenters. The molecule has 0 amide bonds. The SMILES string of the molecule is COc1cc(OC)cc(C(N)c2cc(I)ccc2Br)c1. The molecule has 0 bridgehead atoms. The third-order valence-electron chi connectivity index (χ3n) is 3.03. The number of hydrogen-bond donors (Lipinski definition) is 1. The summed E-state index contributed by atoms with van der Waals surface area (Å²) in [5, 5.41) is 0. The van der Waals surface area contributed by atoms with Crippen molar-refractivity contribution in [3.05, 3.63) is 55.6 Å². The second-order valence-corrected chi connectivity index (χ2v) is 6.39. The Morgan fingerprint density at radius 3 is 2.20 bits per heavy atom. The van der Waals surface area contributed by atoms with Gasteiger partial charge >= 0.3 is 0 Å². The summed E-state index contributed by atoms with van der Waals surface area (Å²) in [4.78, 5) is 0. The number of methoxy groups -OCH3 is 2. The molecule has 0 spiro atoms. The smallest absolute Gasteiger partial charge is 0.122 e. The summed E-state index contributed by atoms with van der Waals surface area (Å²) in [5.41, 5.74) is 8.37. The minimum absolute atomic E-state index is 0.247. The van der Waals surface area contributed by atoms with Crippen molar-refractivity contribution < 1.29 is 9.47 Å². The van der Waals surface area contributed by atoms with Gasteiger partial charge in [0.25, 0.3) is 0 Å². The molecule has 0 aromatic heterocycles. The molecule has 0 saturated heterocycles. The van der Waals surface area contributed by atoms with E-state index in [0.29, 0.717) is 0 Å². The van der Waals surface area contributed by atoms with E-state index in [1.807, 2.05) is 30.3 Å². The number of halogens is 2.